The van der Waals surface area contributed by atoms with Crippen molar-refractivity contribution in [1.29, 1.82) is 0 Å². The Hall–Kier alpha value is -2.34. The van der Waals surface area contributed by atoms with Gasteiger partial charge in [0.25, 0.3) is 0 Å². The molecule has 128 valence electrons. The maximum atomic E-state index is 11.6. The first-order chi connectivity index (χ1) is 11.5. The summed E-state index contributed by atoms with van der Waals surface area (Å²) >= 11 is 0. The fourth-order valence-corrected chi connectivity index (χ4v) is 2.82. The molecule has 0 aliphatic heterocycles. The van der Waals surface area contributed by atoms with Gasteiger partial charge in [-0.1, -0.05) is 0 Å². The van der Waals surface area contributed by atoms with E-state index in [9.17, 15) is 9.59 Å². The Labute approximate surface area is 140 Å². The number of carbonyl (C=O) groups excluding carboxylic acids is 1. The third-order valence-electron chi connectivity index (χ3n) is 4.42. The Morgan fingerprint density at radius 1 is 1.33 bits per heavy atom. The molecule has 0 bridgehead atoms. The van der Waals surface area contributed by atoms with Crippen molar-refractivity contribution in [3.05, 3.63) is 30.0 Å². The SMILES string of the molecule is CN(CCc1c[nH]c2cc(OC(=O)CCC(=O)O)ccc12)C1CC1. The zero-order chi connectivity index (χ0) is 17.1. The molecule has 0 saturated heterocycles. The Morgan fingerprint density at radius 3 is 2.83 bits per heavy atom. The van der Waals surface area contributed by atoms with E-state index in [1.807, 2.05) is 12.3 Å². The lowest BCUT2D eigenvalue weighted by Gasteiger charge is -2.14. The van der Waals surface area contributed by atoms with Crippen LogP contribution in [0.15, 0.2) is 24.4 Å². The molecule has 6 nitrogen and oxygen atoms in total. The van der Waals surface area contributed by atoms with Gasteiger partial charge < -0.3 is 19.7 Å². The number of fused-ring (bicyclic) bond motifs is 1. The normalized spacial score (nSPS) is 14.2. The predicted octanol–water partition coefficient (Wildman–Crippen LogP) is 2.57. The molecular formula is C18H22N2O4. The van der Waals surface area contributed by atoms with Crippen LogP contribution in [0.3, 0.4) is 0 Å². The van der Waals surface area contributed by atoms with Gasteiger partial charge in [0, 0.05) is 35.8 Å². The Bertz CT molecular complexity index is 749. The van der Waals surface area contributed by atoms with Crippen molar-refractivity contribution in [3.8, 4) is 5.75 Å². The van der Waals surface area contributed by atoms with E-state index in [-0.39, 0.29) is 12.8 Å². The van der Waals surface area contributed by atoms with Crippen molar-refractivity contribution in [2.24, 2.45) is 0 Å². The molecule has 1 aliphatic carbocycles. The summed E-state index contributed by atoms with van der Waals surface area (Å²) in [6.07, 6.45) is 5.24. The van der Waals surface area contributed by atoms with Gasteiger partial charge in [0.15, 0.2) is 0 Å². The van der Waals surface area contributed by atoms with Crippen LogP contribution in [-0.2, 0) is 16.0 Å². The van der Waals surface area contributed by atoms with Gasteiger partial charge in [0.2, 0.25) is 0 Å². The topological polar surface area (TPSA) is 82.6 Å². The summed E-state index contributed by atoms with van der Waals surface area (Å²) in [7, 11) is 2.17. The first-order valence-electron chi connectivity index (χ1n) is 8.25. The standard InChI is InChI=1S/C18H22N2O4/c1-20(13-2-3-13)9-8-12-11-19-16-10-14(4-5-15(12)16)24-18(23)7-6-17(21)22/h4-5,10-11,13,19H,2-3,6-9H2,1H3,(H,21,22). The second-order valence-electron chi connectivity index (χ2n) is 6.35. The van der Waals surface area contributed by atoms with Gasteiger partial charge in [-0.3, -0.25) is 9.59 Å². The van der Waals surface area contributed by atoms with E-state index in [0.29, 0.717) is 5.75 Å². The second-order valence-corrected chi connectivity index (χ2v) is 6.35. The number of ether oxygens (including phenoxy) is 1. The second kappa shape index (κ2) is 7.05. The average molecular weight is 330 g/mol. The van der Waals surface area contributed by atoms with E-state index in [2.05, 4.69) is 16.9 Å². The molecular weight excluding hydrogens is 308 g/mol. The minimum absolute atomic E-state index is 0.128. The molecule has 1 heterocycles. The van der Waals surface area contributed by atoms with Crippen molar-refractivity contribution in [2.75, 3.05) is 13.6 Å². The summed E-state index contributed by atoms with van der Waals surface area (Å²) in [4.78, 5) is 27.7. The summed E-state index contributed by atoms with van der Waals surface area (Å²) < 4.78 is 5.19. The third kappa shape index (κ3) is 4.14. The lowest BCUT2D eigenvalue weighted by molar-refractivity contribution is -0.142. The van der Waals surface area contributed by atoms with E-state index in [1.165, 1.54) is 18.4 Å². The van der Waals surface area contributed by atoms with E-state index in [1.54, 1.807) is 12.1 Å². The smallest absolute Gasteiger partial charge is 0.311 e. The molecule has 0 spiro atoms. The highest BCUT2D eigenvalue weighted by molar-refractivity contribution is 5.85. The van der Waals surface area contributed by atoms with Gasteiger partial charge >= 0.3 is 11.9 Å². The number of carboxylic acids is 1. The van der Waals surface area contributed by atoms with Gasteiger partial charge in [0.05, 0.1) is 12.8 Å². The zero-order valence-electron chi connectivity index (χ0n) is 13.7. The molecule has 0 amide bonds. The lowest BCUT2D eigenvalue weighted by atomic mass is 10.1. The number of H-pyrrole nitrogens is 1. The van der Waals surface area contributed by atoms with Crippen LogP contribution in [0, 0.1) is 0 Å². The van der Waals surface area contributed by atoms with Crippen LogP contribution in [-0.4, -0.2) is 46.6 Å². The number of aliphatic carboxylic acids is 1. The number of aromatic amines is 1. The zero-order valence-corrected chi connectivity index (χ0v) is 13.7. The van der Waals surface area contributed by atoms with Crippen molar-refractivity contribution in [1.82, 2.24) is 9.88 Å². The maximum absolute atomic E-state index is 11.6. The molecule has 2 aromatic rings. The van der Waals surface area contributed by atoms with Crippen molar-refractivity contribution in [3.63, 3.8) is 0 Å². The van der Waals surface area contributed by atoms with Crippen LogP contribution in [0.2, 0.25) is 0 Å². The number of aromatic nitrogens is 1. The Morgan fingerprint density at radius 2 is 2.12 bits per heavy atom. The van der Waals surface area contributed by atoms with Gasteiger partial charge in [-0.2, -0.15) is 0 Å². The van der Waals surface area contributed by atoms with E-state index < -0.39 is 11.9 Å². The van der Waals surface area contributed by atoms with Crippen LogP contribution in [0.5, 0.6) is 5.75 Å². The maximum Gasteiger partial charge on any atom is 0.311 e. The van der Waals surface area contributed by atoms with Crippen LogP contribution in [0.1, 0.15) is 31.2 Å². The molecule has 1 saturated carbocycles. The molecule has 1 aliphatic rings. The predicted molar refractivity (Wildman–Crippen MR) is 90.2 cm³/mol. The number of rotatable bonds is 8. The Balaban J connectivity index is 1.62. The quantitative estimate of drug-likeness (QED) is 0.574. The molecule has 0 radical (unpaired) electrons. The molecule has 1 aromatic carbocycles. The van der Waals surface area contributed by atoms with Crippen LogP contribution in [0.25, 0.3) is 10.9 Å². The highest BCUT2D eigenvalue weighted by atomic mass is 16.5. The monoisotopic (exact) mass is 330 g/mol. The first-order valence-corrected chi connectivity index (χ1v) is 8.25. The highest BCUT2D eigenvalue weighted by Crippen LogP contribution is 2.27. The number of hydrogen-bond donors (Lipinski definition) is 2. The van der Waals surface area contributed by atoms with Gasteiger partial charge in [0.1, 0.15) is 5.75 Å². The number of hydrogen-bond acceptors (Lipinski definition) is 4. The van der Waals surface area contributed by atoms with E-state index in [4.69, 9.17) is 9.84 Å². The van der Waals surface area contributed by atoms with Crippen molar-refractivity contribution in [2.45, 2.75) is 38.1 Å². The summed E-state index contributed by atoms with van der Waals surface area (Å²) in [5, 5.41) is 9.71. The highest BCUT2D eigenvalue weighted by Gasteiger charge is 2.25. The molecule has 1 fully saturated rings. The fraction of sp³-hybridized carbons (Fsp3) is 0.444. The molecule has 1 aromatic heterocycles. The molecule has 0 unspecified atom stereocenters. The number of carboxylic acid groups (broad SMARTS) is 1. The number of likely N-dealkylation sites (N-methyl/N-ethyl adjacent to an activating group) is 1. The summed E-state index contributed by atoms with van der Waals surface area (Å²) in [6.45, 7) is 1.03. The van der Waals surface area contributed by atoms with E-state index >= 15 is 0 Å². The minimum Gasteiger partial charge on any atom is -0.481 e. The molecule has 24 heavy (non-hydrogen) atoms. The van der Waals surface area contributed by atoms with Crippen molar-refractivity contribution < 1.29 is 19.4 Å². The largest absolute Gasteiger partial charge is 0.481 e. The van der Waals surface area contributed by atoms with Gasteiger partial charge in [-0.25, -0.2) is 0 Å². The molecule has 2 N–H and O–H groups in total. The molecule has 6 heteroatoms. The number of benzene rings is 1. The summed E-state index contributed by atoms with van der Waals surface area (Å²) in [6, 6.07) is 6.23. The third-order valence-corrected chi connectivity index (χ3v) is 4.42. The van der Waals surface area contributed by atoms with Crippen LogP contribution in [0.4, 0.5) is 0 Å². The van der Waals surface area contributed by atoms with Crippen LogP contribution >= 0.6 is 0 Å². The number of carbonyl (C=O) groups is 2. The minimum atomic E-state index is -1.01. The number of nitrogens with one attached hydrogen (secondary N) is 1. The summed E-state index contributed by atoms with van der Waals surface area (Å²) in [5.74, 6) is -1.11. The molecule has 3 rings (SSSR count). The van der Waals surface area contributed by atoms with Gasteiger partial charge in [-0.05, 0) is 44.0 Å². The fourth-order valence-electron chi connectivity index (χ4n) is 2.82. The summed E-state index contributed by atoms with van der Waals surface area (Å²) in [5.41, 5.74) is 2.17. The van der Waals surface area contributed by atoms with Crippen LogP contribution < -0.4 is 4.74 Å². The molecule has 0 atom stereocenters. The average Bonchev–Trinajstić information content (AvgIpc) is 3.32. The lowest BCUT2D eigenvalue weighted by Crippen LogP contribution is -2.23. The first kappa shape index (κ1) is 16.5. The Kier molecular flexibility index (Phi) is 4.85. The number of nitrogens with zero attached hydrogens (tertiary/aromatic N) is 1. The van der Waals surface area contributed by atoms with Gasteiger partial charge in [-0.15, -0.1) is 0 Å². The number of esters is 1. The van der Waals surface area contributed by atoms with Crippen molar-refractivity contribution >= 4 is 22.8 Å². The van der Waals surface area contributed by atoms with E-state index in [0.717, 1.165) is 29.9 Å².